The molecule has 1 atom stereocenters. The van der Waals surface area contributed by atoms with Gasteiger partial charge in [0.2, 0.25) is 5.82 Å². The first kappa shape index (κ1) is 19.1. The Bertz CT molecular complexity index is 889. The van der Waals surface area contributed by atoms with E-state index in [-0.39, 0.29) is 6.04 Å². The molecule has 6 nitrogen and oxygen atoms in total. The van der Waals surface area contributed by atoms with Gasteiger partial charge in [-0.3, -0.25) is 0 Å². The highest BCUT2D eigenvalue weighted by Gasteiger charge is 2.36. The predicted molar refractivity (Wildman–Crippen MR) is 109 cm³/mol. The van der Waals surface area contributed by atoms with E-state index in [1.807, 2.05) is 41.1 Å². The first-order chi connectivity index (χ1) is 13.8. The summed E-state index contributed by atoms with van der Waals surface area (Å²) in [6, 6.07) is 18.4. The van der Waals surface area contributed by atoms with Gasteiger partial charge in [-0.1, -0.05) is 60.1 Å². The van der Waals surface area contributed by atoms with Crippen molar-refractivity contribution in [3.05, 3.63) is 76.6 Å². The van der Waals surface area contributed by atoms with Crippen LogP contribution in [0.25, 0.3) is 0 Å². The van der Waals surface area contributed by atoms with Crippen molar-refractivity contribution in [2.75, 3.05) is 32.7 Å². The molecular formula is C21H27ClN6+2. The molecule has 0 amide bonds. The summed E-state index contributed by atoms with van der Waals surface area (Å²) in [6.07, 6.45) is 0. The smallest absolute Gasteiger partial charge is 0.214 e. The number of hydrogen-bond acceptors (Lipinski definition) is 3. The van der Waals surface area contributed by atoms with Crippen molar-refractivity contribution >= 4 is 11.6 Å². The standard InChI is InChI=1S/C21H25ClN6/c1-2-26-12-14-27(15-13-26)20(18-10-6-7-11-19(18)22)21-23-24-25-28(21)16-17-8-4-3-5-9-17/h3-11,20H,2,12-16H2,1H3/p+2/t20-/m0/s1. The van der Waals surface area contributed by atoms with Crippen LogP contribution in [0.5, 0.6) is 0 Å². The van der Waals surface area contributed by atoms with Crippen LogP contribution in [-0.4, -0.2) is 52.9 Å². The van der Waals surface area contributed by atoms with Crippen LogP contribution < -0.4 is 9.80 Å². The van der Waals surface area contributed by atoms with Gasteiger partial charge in [0.1, 0.15) is 26.2 Å². The minimum absolute atomic E-state index is 0.0332. The number of quaternary nitrogens is 2. The Balaban J connectivity index is 1.69. The maximum absolute atomic E-state index is 6.63. The molecule has 0 unspecified atom stereocenters. The van der Waals surface area contributed by atoms with Crippen LogP contribution in [0.15, 0.2) is 54.6 Å². The molecule has 1 fully saturated rings. The van der Waals surface area contributed by atoms with Crippen LogP contribution in [-0.2, 0) is 6.54 Å². The zero-order valence-electron chi connectivity index (χ0n) is 16.2. The number of nitrogens with one attached hydrogen (secondary N) is 2. The first-order valence-electron chi connectivity index (χ1n) is 9.98. The molecule has 28 heavy (non-hydrogen) atoms. The number of piperazine rings is 1. The molecule has 2 aromatic carbocycles. The molecule has 3 aromatic rings. The van der Waals surface area contributed by atoms with Gasteiger partial charge >= 0.3 is 0 Å². The average molecular weight is 399 g/mol. The van der Waals surface area contributed by atoms with E-state index in [1.54, 1.807) is 4.90 Å². The summed E-state index contributed by atoms with van der Waals surface area (Å²) in [5, 5.41) is 13.6. The molecule has 0 aliphatic carbocycles. The van der Waals surface area contributed by atoms with Gasteiger partial charge in [-0.15, -0.1) is 5.10 Å². The lowest BCUT2D eigenvalue weighted by Crippen LogP contribution is -3.28. The fourth-order valence-electron chi connectivity index (χ4n) is 4.10. The molecule has 1 aliphatic rings. The molecule has 7 heteroatoms. The highest BCUT2D eigenvalue weighted by atomic mass is 35.5. The first-order valence-corrected chi connectivity index (χ1v) is 10.4. The van der Waals surface area contributed by atoms with E-state index in [9.17, 15) is 0 Å². The summed E-state index contributed by atoms with van der Waals surface area (Å²) >= 11 is 6.63. The van der Waals surface area contributed by atoms with Crippen molar-refractivity contribution < 1.29 is 9.80 Å². The maximum atomic E-state index is 6.63. The molecule has 146 valence electrons. The van der Waals surface area contributed by atoms with Crippen molar-refractivity contribution in [1.82, 2.24) is 20.2 Å². The molecule has 4 rings (SSSR count). The van der Waals surface area contributed by atoms with E-state index in [0.29, 0.717) is 6.54 Å². The third-order valence-corrected chi connectivity index (χ3v) is 6.06. The van der Waals surface area contributed by atoms with Gasteiger partial charge in [0, 0.05) is 5.56 Å². The highest BCUT2D eigenvalue weighted by Crippen LogP contribution is 2.25. The average Bonchev–Trinajstić information content (AvgIpc) is 3.18. The van der Waals surface area contributed by atoms with Crippen molar-refractivity contribution in [3.63, 3.8) is 0 Å². The normalized spacial score (nSPS) is 20.8. The molecule has 2 heterocycles. The summed E-state index contributed by atoms with van der Waals surface area (Å²) < 4.78 is 1.93. The molecular weight excluding hydrogens is 372 g/mol. The van der Waals surface area contributed by atoms with Crippen LogP contribution in [0.4, 0.5) is 0 Å². The number of likely N-dealkylation sites (N-methyl/N-ethyl adjacent to an activating group) is 1. The van der Waals surface area contributed by atoms with E-state index in [4.69, 9.17) is 11.6 Å². The summed E-state index contributed by atoms with van der Waals surface area (Å²) in [6.45, 7) is 8.57. The Morgan fingerprint density at radius 3 is 2.43 bits per heavy atom. The SMILES string of the molecule is CC[NH+]1CC[NH+]([C@@H](c2ccccc2Cl)c2nnnn2Cc2ccccc2)CC1. The van der Waals surface area contributed by atoms with Gasteiger partial charge in [-0.05, 0) is 29.0 Å². The topological polar surface area (TPSA) is 52.5 Å². The monoisotopic (exact) mass is 398 g/mol. The number of halogens is 1. The van der Waals surface area contributed by atoms with Crippen molar-refractivity contribution in [3.8, 4) is 0 Å². The van der Waals surface area contributed by atoms with Crippen molar-refractivity contribution in [2.24, 2.45) is 0 Å². The maximum Gasteiger partial charge on any atom is 0.214 e. The Hall–Kier alpha value is -2.28. The number of aromatic nitrogens is 4. The van der Waals surface area contributed by atoms with E-state index < -0.39 is 0 Å². The van der Waals surface area contributed by atoms with Crippen LogP contribution >= 0.6 is 11.6 Å². The number of hydrogen-bond donors (Lipinski definition) is 2. The lowest BCUT2D eigenvalue weighted by Gasteiger charge is -2.34. The van der Waals surface area contributed by atoms with Gasteiger partial charge in [0.25, 0.3) is 0 Å². The van der Waals surface area contributed by atoms with Gasteiger partial charge in [0.15, 0.2) is 6.04 Å². The minimum Gasteiger partial charge on any atom is -0.326 e. The molecule has 0 saturated carbocycles. The van der Waals surface area contributed by atoms with Gasteiger partial charge in [0.05, 0.1) is 18.1 Å². The summed E-state index contributed by atoms with van der Waals surface area (Å²) in [5.41, 5.74) is 2.28. The molecule has 0 spiro atoms. The third-order valence-electron chi connectivity index (χ3n) is 5.72. The highest BCUT2D eigenvalue weighted by molar-refractivity contribution is 6.31. The quantitative estimate of drug-likeness (QED) is 0.626. The van der Waals surface area contributed by atoms with Crippen LogP contribution in [0.2, 0.25) is 5.02 Å². The van der Waals surface area contributed by atoms with Crippen LogP contribution in [0.1, 0.15) is 29.9 Å². The number of nitrogens with zero attached hydrogens (tertiary/aromatic N) is 4. The molecule has 1 aliphatic heterocycles. The second-order valence-electron chi connectivity index (χ2n) is 7.40. The second-order valence-corrected chi connectivity index (χ2v) is 7.80. The Morgan fingerprint density at radius 1 is 1.00 bits per heavy atom. The Kier molecular flexibility index (Phi) is 6.00. The fraction of sp³-hybridized carbons (Fsp3) is 0.381. The number of rotatable bonds is 6. The van der Waals surface area contributed by atoms with E-state index in [2.05, 4.69) is 40.6 Å². The van der Waals surface area contributed by atoms with Crippen molar-refractivity contribution in [1.29, 1.82) is 0 Å². The van der Waals surface area contributed by atoms with E-state index in [0.717, 1.165) is 42.6 Å². The third kappa shape index (κ3) is 4.09. The molecule has 0 radical (unpaired) electrons. The van der Waals surface area contributed by atoms with E-state index >= 15 is 0 Å². The second kappa shape index (κ2) is 8.82. The van der Waals surface area contributed by atoms with Gasteiger partial charge in [-0.25, -0.2) is 4.68 Å². The van der Waals surface area contributed by atoms with Crippen LogP contribution in [0, 0.1) is 0 Å². The fourth-order valence-corrected chi connectivity index (χ4v) is 4.35. The zero-order valence-corrected chi connectivity index (χ0v) is 16.9. The van der Waals surface area contributed by atoms with Gasteiger partial charge < -0.3 is 9.80 Å². The predicted octanol–water partition coefficient (Wildman–Crippen LogP) is 0.268. The van der Waals surface area contributed by atoms with Crippen LogP contribution in [0.3, 0.4) is 0 Å². The number of benzene rings is 2. The Labute approximate surface area is 170 Å². The number of tetrazole rings is 1. The Morgan fingerprint density at radius 2 is 1.71 bits per heavy atom. The molecule has 0 bridgehead atoms. The lowest BCUT2D eigenvalue weighted by atomic mass is 10.0. The summed E-state index contributed by atoms with van der Waals surface area (Å²) in [7, 11) is 0. The largest absolute Gasteiger partial charge is 0.326 e. The van der Waals surface area contributed by atoms with Crippen molar-refractivity contribution in [2.45, 2.75) is 19.5 Å². The molecule has 2 N–H and O–H groups in total. The lowest BCUT2D eigenvalue weighted by molar-refractivity contribution is -1.02. The zero-order chi connectivity index (χ0) is 19.3. The summed E-state index contributed by atoms with van der Waals surface area (Å²) in [4.78, 5) is 3.14. The van der Waals surface area contributed by atoms with Gasteiger partial charge in [-0.2, -0.15) is 0 Å². The summed E-state index contributed by atoms with van der Waals surface area (Å²) in [5.74, 6) is 0.881. The van der Waals surface area contributed by atoms with E-state index in [1.165, 1.54) is 17.0 Å². The molecule has 1 aromatic heterocycles. The molecule has 1 saturated heterocycles. The minimum atomic E-state index is 0.0332.